The normalized spacial score (nSPS) is 11.6. The van der Waals surface area contributed by atoms with Crippen molar-refractivity contribution >= 4 is 21.6 Å². The van der Waals surface area contributed by atoms with Crippen LogP contribution in [0.5, 0.6) is 0 Å². The van der Waals surface area contributed by atoms with Gasteiger partial charge < -0.3 is 5.32 Å². The van der Waals surface area contributed by atoms with Crippen LogP contribution in [0.2, 0.25) is 0 Å². The van der Waals surface area contributed by atoms with Crippen molar-refractivity contribution in [3.63, 3.8) is 0 Å². The van der Waals surface area contributed by atoms with E-state index in [-0.39, 0.29) is 6.04 Å². The largest absolute Gasteiger partial charge is 0.379 e. The first kappa shape index (κ1) is 12.7. The summed E-state index contributed by atoms with van der Waals surface area (Å²) in [6.45, 7) is 2.11. The third-order valence-corrected chi connectivity index (χ3v) is 3.30. The summed E-state index contributed by atoms with van der Waals surface area (Å²) in [6, 6.07) is 18.1. The summed E-state index contributed by atoms with van der Waals surface area (Å²) in [7, 11) is 0. The van der Waals surface area contributed by atoms with Crippen LogP contribution < -0.4 is 5.32 Å². The number of anilines is 1. The predicted octanol–water partition coefficient (Wildman–Crippen LogP) is 4.49. The molecular formula is C15H13BrN2. The molecule has 0 aliphatic heterocycles. The number of hydrogen-bond acceptors (Lipinski definition) is 2. The second-order valence-corrected chi connectivity index (χ2v) is 5.02. The highest BCUT2D eigenvalue weighted by atomic mass is 79.9. The number of benzene rings is 2. The van der Waals surface area contributed by atoms with Gasteiger partial charge in [0, 0.05) is 16.2 Å². The molecule has 3 heteroatoms. The van der Waals surface area contributed by atoms with Gasteiger partial charge in [-0.1, -0.05) is 28.1 Å². The van der Waals surface area contributed by atoms with Gasteiger partial charge in [-0.25, -0.2) is 0 Å². The van der Waals surface area contributed by atoms with E-state index in [0.717, 1.165) is 10.2 Å². The molecule has 0 heterocycles. The van der Waals surface area contributed by atoms with Gasteiger partial charge in [-0.2, -0.15) is 5.26 Å². The minimum Gasteiger partial charge on any atom is -0.379 e. The van der Waals surface area contributed by atoms with E-state index in [1.165, 1.54) is 5.56 Å². The lowest BCUT2D eigenvalue weighted by Gasteiger charge is -2.15. The van der Waals surface area contributed by atoms with Crippen molar-refractivity contribution in [1.29, 1.82) is 5.26 Å². The van der Waals surface area contributed by atoms with Crippen molar-refractivity contribution in [1.82, 2.24) is 0 Å². The maximum absolute atomic E-state index is 8.74. The number of halogens is 1. The molecule has 2 aromatic rings. The van der Waals surface area contributed by atoms with Crippen molar-refractivity contribution in [3.05, 3.63) is 64.1 Å². The summed E-state index contributed by atoms with van der Waals surface area (Å²) in [5.74, 6) is 0. The minimum atomic E-state index is 0.228. The maximum Gasteiger partial charge on any atom is 0.0991 e. The summed E-state index contributed by atoms with van der Waals surface area (Å²) in [5, 5.41) is 12.1. The van der Waals surface area contributed by atoms with Crippen LogP contribution in [0.25, 0.3) is 0 Å². The van der Waals surface area contributed by atoms with Crippen molar-refractivity contribution in [2.24, 2.45) is 0 Å². The highest BCUT2D eigenvalue weighted by Crippen LogP contribution is 2.21. The molecule has 1 unspecified atom stereocenters. The SMILES string of the molecule is CC(Nc1ccc(C#N)cc1)c1ccc(Br)cc1. The predicted molar refractivity (Wildman–Crippen MR) is 77.3 cm³/mol. The Balaban J connectivity index is 2.08. The first-order valence-corrected chi connectivity index (χ1v) is 6.50. The Labute approximate surface area is 115 Å². The zero-order valence-electron chi connectivity index (χ0n) is 10.0. The minimum absolute atomic E-state index is 0.228. The first-order valence-electron chi connectivity index (χ1n) is 5.71. The standard InChI is InChI=1S/C15H13BrN2/c1-11(13-4-6-14(16)7-5-13)18-15-8-2-12(10-17)3-9-15/h2-9,11,18H,1H3. The van der Waals surface area contributed by atoms with Crippen LogP contribution in [0.15, 0.2) is 53.0 Å². The lowest BCUT2D eigenvalue weighted by Crippen LogP contribution is -2.06. The summed E-state index contributed by atoms with van der Waals surface area (Å²) < 4.78 is 1.08. The molecule has 0 aliphatic rings. The van der Waals surface area contributed by atoms with E-state index in [1.807, 2.05) is 36.4 Å². The number of rotatable bonds is 3. The second-order valence-electron chi connectivity index (χ2n) is 4.11. The van der Waals surface area contributed by atoms with Crippen molar-refractivity contribution < 1.29 is 0 Å². The van der Waals surface area contributed by atoms with Gasteiger partial charge in [0.25, 0.3) is 0 Å². The first-order chi connectivity index (χ1) is 8.69. The van der Waals surface area contributed by atoms with Crippen LogP contribution in [0.4, 0.5) is 5.69 Å². The quantitative estimate of drug-likeness (QED) is 0.906. The molecule has 0 aromatic heterocycles. The van der Waals surface area contributed by atoms with E-state index in [4.69, 9.17) is 5.26 Å². The third-order valence-electron chi connectivity index (χ3n) is 2.77. The van der Waals surface area contributed by atoms with E-state index in [1.54, 1.807) is 0 Å². The fourth-order valence-electron chi connectivity index (χ4n) is 1.73. The molecule has 2 aromatic carbocycles. The molecule has 2 rings (SSSR count). The van der Waals surface area contributed by atoms with Crippen LogP contribution in [-0.2, 0) is 0 Å². The third kappa shape index (κ3) is 3.12. The summed E-state index contributed by atoms with van der Waals surface area (Å²) in [6.07, 6.45) is 0. The lowest BCUT2D eigenvalue weighted by molar-refractivity contribution is 0.884. The van der Waals surface area contributed by atoms with Gasteiger partial charge in [0.2, 0.25) is 0 Å². The van der Waals surface area contributed by atoms with Crippen LogP contribution in [0.3, 0.4) is 0 Å². The lowest BCUT2D eigenvalue weighted by atomic mass is 10.1. The van der Waals surface area contributed by atoms with Crippen molar-refractivity contribution in [2.45, 2.75) is 13.0 Å². The Morgan fingerprint density at radius 1 is 1.06 bits per heavy atom. The topological polar surface area (TPSA) is 35.8 Å². The number of nitrogens with zero attached hydrogens (tertiary/aromatic N) is 1. The number of nitrogens with one attached hydrogen (secondary N) is 1. The molecule has 0 spiro atoms. The zero-order valence-corrected chi connectivity index (χ0v) is 11.6. The summed E-state index contributed by atoms with van der Waals surface area (Å²) >= 11 is 3.43. The average molecular weight is 301 g/mol. The monoisotopic (exact) mass is 300 g/mol. The van der Waals surface area contributed by atoms with Crippen molar-refractivity contribution in [3.8, 4) is 6.07 Å². The molecule has 0 fully saturated rings. The Morgan fingerprint density at radius 2 is 1.67 bits per heavy atom. The molecule has 2 nitrogen and oxygen atoms in total. The molecular weight excluding hydrogens is 288 g/mol. The Morgan fingerprint density at radius 3 is 2.22 bits per heavy atom. The van der Waals surface area contributed by atoms with Crippen molar-refractivity contribution in [2.75, 3.05) is 5.32 Å². The summed E-state index contributed by atoms with van der Waals surface area (Å²) in [4.78, 5) is 0. The highest BCUT2D eigenvalue weighted by molar-refractivity contribution is 9.10. The average Bonchev–Trinajstić information content (AvgIpc) is 2.40. The molecule has 0 bridgehead atoms. The van der Waals surface area contributed by atoms with Gasteiger partial charge in [0.15, 0.2) is 0 Å². The molecule has 0 aliphatic carbocycles. The maximum atomic E-state index is 8.74. The van der Waals surface area contributed by atoms with Gasteiger partial charge in [-0.05, 0) is 48.9 Å². The Hall–Kier alpha value is -1.79. The van der Waals surface area contributed by atoms with Crippen LogP contribution in [0, 0.1) is 11.3 Å². The smallest absolute Gasteiger partial charge is 0.0991 e. The van der Waals surface area contributed by atoms with E-state index in [2.05, 4.69) is 46.4 Å². The zero-order chi connectivity index (χ0) is 13.0. The van der Waals surface area contributed by atoms with Gasteiger partial charge >= 0.3 is 0 Å². The fraction of sp³-hybridized carbons (Fsp3) is 0.133. The van der Waals surface area contributed by atoms with E-state index in [0.29, 0.717) is 5.56 Å². The van der Waals surface area contributed by atoms with E-state index in [9.17, 15) is 0 Å². The molecule has 0 saturated carbocycles. The summed E-state index contributed by atoms with van der Waals surface area (Å²) in [5.41, 5.74) is 2.92. The van der Waals surface area contributed by atoms with Crippen LogP contribution in [-0.4, -0.2) is 0 Å². The molecule has 0 radical (unpaired) electrons. The molecule has 1 atom stereocenters. The van der Waals surface area contributed by atoms with E-state index < -0.39 is 0 Å². The van der Waals surface area contributed by atoms with Crippen LogP contribution in [0.1, 0.15) is 24.1 Å². The Kier molecular flexibility index (Phi) is 4.01. The van der Waals surface area contributed by atoms with Crippen LogP contribution >= 0.6 is 15.9 Å². The molecule has 1 N–H and O–H groups in total. The number of hydrogen-bond donors (Lipinski definition) is 1. The molecule has 0 amide bonds. The van der Waals surface area contributed by atoms with Gasteiger partial charge in [-0.3, -0.25) is 0 Å². The molecule has 18 heavy (non-hydrogen) atoms. The van der Waals surface area contributed by atoms with Gasteiger partial charge in [0.05, 0.1) is 11.6 Å². The molecule has 0 saturated heterocycles. The van der Waals surface area contributed by atoms with Gasteiger partial charge in [-0.15, -0.1) is 0 Å². The molecule has 90 valence electrons. The fourth-order valence-corrected chi connectivity index (χ4v) is 1.99. The number of nitriles is 1. The second kappa shape index (κ2) is 5.70. The van der Waals surface area contributed by atoms with E-state index >= 15 is 0 Å². The van der Waals surface area contributed by atoms with Gasteiger partial charge in [0.1, 0.15) is 0 Å². The Bertz CT molecular complexity index is 553. The highest BCUT2D eigenvalue weighted by Gasteiger charge is 2.04.